The van der Waals surface area contributed by atoms with Crippen LogP contribution in [-0.4, -0.2) is 26.8 Å². The third kappa shape index (κ3) is 6.25. The van der Waals surface area contributed by atoms with Crippen LogP contribution in [0.3, 0.4) is 0 Å². The highest BCUT2D eigenvalue weighted by atomic mass is 32.2. The predicted molar refractivity (Wildman–Crippen MR) is 111 cm³/mol. The van der Waals surface area contributed by atoms with Crippen molar-refractivity contribution in [2.24, 2.45) is 0 Å². The van der Waals surface area contributed by atoms with Crippen molar-refractivity contribution in [1.29, 1.82) is 0 Å². The minimum atomic E-state index is -3.94. The molecule has 2 amide bonds. The molecule has 0 aliphatic rings. The first-order chi connectivity index (χ1) is 15.2. The Bertz CT molecular complexity index is 1200. The fraction of sp³-hybridized carbons (Fsp3) is 0.0476. The van der Waals surface area contributed by atoms with Crippen molar-refractivity contribution in [3.05, 3.63) is 90.0 Å². The Kier molecular flexibility index (Phi) is 7.00. The maximum Gasteiger partial charge on any atom is 0.276 e. The Morgan fingerprint density at radius 1 is 0.781 bits per heavy atom. The number of ether oxygens (including phenoxy) is 1. The molecule has 0 aliphatic heterocycles. The molecule has 0 bridgehead atoms. The smallest absolute Gasteiger partial charge is 0.276 e. The first-order valence-electron chi connectivity index (χ1n) is 9.09. The number of hydrazine groups is 1. The fourth-order valence-corrected chi connectivity index (χ4v) is 3.49. The van der Waals surface area contributed by atoms with E-state index in [0.29, 0.717) is 0 Å². The number of amides is 2. The number of rotatable bonds is 7. The van der Waals surface area contributed by atoms with Gasteiger partial charge in [0, 0.05) is 11.3 Å². The Hall–Kier alpha value is -3.99. The average Bonchev–Trinajstić information content (AvgIpc) is 2.78. The predicted octanol–water partition coefficient (Wildman–Crippen LogP) is 2.61. The van der Waals surface area contributed by atoms with Crippen LogP contribution in [0.4, 0.5) is 14.5 Å². The molecular weight excluding hydrogens is 444 g/mol. The minimum Gasteiger partial charge on any atom is -0.484 e. The van der Waals surface area contributed by atoms with Crippen LogP contribution in [-0.2, 0) is 14.8 Å². The van der Waals surface area contributed by atoms with Crippen LogP contribution >= 0.6 is 0 Å². The molecule has 3 aromatic carbocycles. The zero-order chi connectivity index (χ0) is 23.1. The number of halogens is 2. The summed E-state index contributed by atoms with van der Waals surface area (Å²) in [6.45, 7) is -0.419. The van der Waals surface area contributed by atoms with E-state index in [-0.39, 0.29) is 21.9 Å². The van der Waals surface area contributed by atoms with Gasteiger partial charge < -0.3 is 4.74 Å². The standard InChI is InChI=1S/C21H17F2N3O5S/c22-15-3-7-17(8-4-15)26-32(29,30)19-11-1-14(2-12-19)21(28)25-24-20(27)13-31-18-9-5-16(23)6-10-18/h1-12,26H,13H2,(H,24,27)(H,25,28). The number of hydrogen-bond donors (Lipinski definition) is 3. The maximum absolute atomic E-state index is 12.9. The van der Waals surface area contributed by atoms with Crippen LogP contribution in [0.5, 0.6) is 5.75 Å². The van der Waals surface area contributed by atoms with Crippen LogP contribution < -0.4 is 20.3 Å². The Labute approximate surface area is 182 Å². The van der Waals surface area contributed by atoms with Crippen molar-refractivity contribution in [3.8, 4) is 5.75 Å². The highest BCUT2D eigenvalue weighted by Gasteiger charge is 2.16. The molecule has 0 heterocycles. The SMILES string of the molecule is O=C(COc1ccc(F)cc1)NNC(=O)c1ccc(S(=O)(=O)Nc2ccc(F)cc2)cc1. The second-order valence-electron chi connectivity index (χ2n) is 6.38. The monoisotopic (exact) mass is 461 g/mol. The zero-order valence-corrected chi connectivity index (χ0v) is 17.2. The van der Waals surface area contributed by atoms with E-state index in [0.717, 1.165) is 12.1 Å². The molecule has 0 aromatic heterocycles. The number of hydrogen-bond acceptors (Lipinski definition) is 5. The molecule has 0 spiro atoms. The molecule has 32 heavy (non-hydrogen) atoms. The topological polar surface area (TPSA) is 114 Å². The number of nitrogens with one attached hydrogen (secondary N) is 3. The molecule has 0 atom stereocenters. The van der Waals surface area contributed by atoms with Crippen molar-refractivity contribution in [1.82, 2.24) is 10.9 Å². The van der Waals surface area contributed by atoms with E-state index in [4.69, 9.17) is 4.74 Å². The lowest BCUT2D eigenvalue weighted by Gasteiger charge is -2.10. The van der Waals surface area contributed by atoms with Crippen LogP contribution in [0.2, 0.25) is 0 Å². The third-order valence-electron chi connectivity index (χ3n) is 4.02. The molecule has 3 rings (SSSR count). The van der Waals surface area contributed by atoms with Crippen LogP contribution in [0.15, 0.2) is 77.7 Å². The van der Waals surface area contributed by atoms with E-state index in [1.54, 1.807) is 0 Å². The first-order valence-corrected chi connectivity index (χ1v) is 10.6. The Morgan fingerprint density at radius 2 is 1.34 bits per heavy atom. The lowest BCUT2D eigenvalue weighted by Crippen LogP contribution is -2.43. The molecule has 3 N–H and O–H groups in total. The van der Waals surface area contributed by atoms with Gasteiger partial charge in [0.25, 0.3) is 21.8 Å². The van der Waals surface area contributed by atoms with Crippen molar-refractivity contribution in [2.75, 3.05) is 11.3 Å². The van der Waals surface area contributed by atoms with E-state index >= 15 is 0 Å². The van der Waals surface area contributed by atoms with Gasteiger partial charge in [-0.15, -0.1) is 0 Å². The zero-order valence-electron chi connectivity index (χ0n) is 16.3. The van der Waals surface area contributed by atoms with Gasteiger partial charge in [-0.3, -0.25) is 25.2 Å². The van der Waals surface area contributed by atoms with Gasteiger partial charge in [-0.05, 0) is 72.8 Å². The molecule has 0 aliphatic carbocycles. The maximum atomic E-state index is 12.9. The summed E-state index contributed by atoms with van der Waals surface area (Å²) >= 11 is 0. The van der Waals surface area contributed by atoms with Gasteiger partial charge in [0.1, 0.15) is 17.4 Å². The van der Waals surface area contributed by atoms with Gasteiger partial charge in [-0.1, -0.05) is 0 Å². The number of anilines is 1. The van der Waals surface area contributed by atoms with Crippen molar-refractivity contribution in [2.45, 2.75) is 4.90 Å². The number of carbonyl (C=O) groups excluding carboxylic acids is 2. The minimum absolute atomic E-state index is 0.0884. The number of carbonyl (C=O) groups is 2. The molecule has 11 heteroatoms. The van der Waals surface area contributed by atoms with Crippen molar-refractivity contribution >= 4 is 27.5 Å². The van der Waals surface area contributed by atoms with Crippen LogP contribution in [0.1, 0.15) is 10.4 Å². The molecule has 0 fully saturated rings. The Balaban J connectivity index is 1.52. The molecule has 0 saturated heterocycles. The van der Waals surface area contributed by atoms with Gasteiger partial charge in [-0.25, -0.2) is 17.2 Å². The molecule has 0 saturated carbocycles. The highest BCUT2D eigenvalue weighted by molar-refractivity contribution is 7.92. The lowest BCUT2D eigenvalue weighted by atomic mass is 10.2. The van der Waals surface area contributed by atoms with Gasteiger partial charge in [-0.2, -0.15) is 0 Å². The van der Waals surface area contributed by atoms with Gasteiger partial charge in [0.2, 0.25) is 0 Å². The first kappa shape index (κ1) is 22.7. The molecule has 8 nitrogen and oxygen atoms in total. The summed E-state index contributed by atoms with van der Waals surface area (Å²) in [7, 11) is -3.94. The normalized spacial score (nSPS) is 10.8. The largest absolute Gasteiger partial charge is 0.484 e. The summed E-state index contributed by atoms with van der Waals surface area (Å²) in [5.41, 5.74) is 4.58. The average molecular weight is 461 g/mol. The van der Waals surface area contributed by atoms with Crippen molar-refractivity contribution < 1.29 is 31.5 Å². The van der Waals surface area contributed by atoms with Crippen LogP contribution in [0.25, 0.3) is 0 Å². The van der Waals surface area contributed by atoms with E-state index < -0.39 is 40.1 Å². The van der Waals surface area contributed by atoms with Gasteiger partial charge in [0.15, 0.2) is 6.61 Å². The number of benzene rings is 3. The van der Waals surface area contributed by atoms with E-state index in [1.807, 2.05) is 0 Å². The van der Waals surface area contributed by atoms with E-state index in [9.17, 15) is 26.8 Å². The summed E-state index contributed by atoms with van der Waals surface area (Å²) in [4.78, 5) is 23.8. The molecule has 3 aromatic rings. The van der Waals surface area contributed by atoms with Crippen LogP contribution in [0, 0.1) is 11.6 Å². The third-order valence-corrected chi connectivity index (χ3v) is 5.42. The molecule has 0 radical (unpaired) electrons. The summed E-state index contributed by atoms with van der Waals surface area (Å²) in [5, 5.41) is 0. The summed E-state index contributed by atoms with van der Waals surface area (Å²) in [6, 6.07) is 14.8. The number of sulfonamides is 1. The summed E-state index contributed by atoms with van der Waals surface area (Å²) < 4.78 is 58.0. The summed E-state index contributed by atoms with van der Waals surface area (Å²) in [6.07, 6.45) is 0. The fourth-order valence-electron chi connectivity index (χ4n) is 2.43. The molecular formula is C21H17F2N3O5S. The van der Waals surface area contributed by atoms with Gasteiger partial charge >= 0.3 is 0 Å². The quantitative estimate of drug-likeness (QED) is 0.468. The lowest BCUT2D eigenvalue weighted by molar-refractivity contribution is -0.123. The van der Waals surface area contributed by atoms with Crippen molar-refractivity contribution in [3.63, 3.8) is 0 Å². The Morgan fingerprint density at radius 3 is 1.94 bits per heavy atom. The van der Waals surface area contributed by atoms with E-state index in [1.165, 1.54) is 60.7 Å². The summed E-state index contributed by atoms with van der Waals surface area (Å²) in [5.74, 6) is -2.02. The highest BCUT2D eigenvalue weighted by Crippen LogP contribution is 2.17. The molecule has 0 unspecified atom stereocenters. The van der Waals surface area contributed by atoms with E-state index in [2.05, 4.69) is 15.6 Å². The van der Waals surface area contributed by atoms with Gasteiger partial charge in [0.05, 0.1) is 4.90 Å². The second kappa shape index (κ2) is 9.88. The molecule has 166 valence electrons. The second-order valence-corrected chi connectivity index (χ2v) is 8.06.